The lowest BCUT2D eigenvalue weighted by atomic mass is 10.2. The summed E-state index contributed by atoms with van der Waals surface area (Å²) < 4.78 is 0. The van der Waals surface area contributed by atoms with Crippen LogP contribution in [0.4, 0.5) is 0 Å². The molecule has 0 radical (unpaired) electrons. The maximum Gasteiger partial charge on any atom is 0.313 e. The Morgan fingerprint density at radius 2 is 2.00 bits per heavy atom. The molecule has 0 aromatic heterocycles. The molecule has 0 aliphatic carbocycles. The number of carbonyl (C=O) groups is 2. The van der Waals surface area contributed by atoms with Crippen molar-refractivity contribution < 1.29 is 14.7 Å². The van der Waals surface area contributed by atoms with Gasteiger partial charge in [-0.15, -0.1) is 11.8 Å². The van der Waals surface area contributed by atoms with Gasteiger partial charge < -0.3 is 10.4 Å². The van der Waals surface area contributed by atoms with E-state index in [1.165, 1.54) is 17.8 Å². The van der Waals surface area contributed by atoms with E-state index in [4.69, 9.17) is 5.11 Å². The molecule has 0 aliphatic heterocycles. The van der Waals surface area contributed by atoms with Crippen molar-refractivity contribution in [2.75, 3.05) is 18.1 Å². The van der Waals surface area contributed by atoms with Crippen LogP contribution in [0.3, 0.4) is 0 Å². The first-order valence-corrected chi connectivity index (χ1v) is 6.64. The number of thioether (sulfide) groups is 1. The van der Waals surface area contributed by atoms with Crippen LogP contribution in [-0.4, -0.2) is 35.0 Å². The van der Waals surface area contributed by atoms with E-state index >= 15 is 0 Å². The number of benzene rings is 1. The average Bonchev–Trinajstić information content (AvgIpc) is 2.37. The lowest BCUT2D eigenvalue weighted by molar-refractivity contribution is -0.133. The molecule has 1 aromatic carbocycles. The van der Waals surface area contributed by atoms with Crippen molar-refractivity contribution in [2.45, 2.75) is 0 Å². The fraction of sp³-hybridized carbons (Fsp3) is 0.231. The summed E-state index contributed by atoms with van der Waals surface area (Å²) in [7, 11) is 0. The minimum Gasteiger partial charge on any atom is -0.481 e. The molecule has 0 spiro atoms. The van der Waals surface area contributed by atoms with Crippen LogP contribution in [0.1, 0.15) is 5.56 Å². The molecular weight excluding hydrogens is 250 g/mol. The van der Waals surface area contributed by atoms with Crippen molar-refractivity contribution >= 4 is 29.7 Å². The molecule has 1 rings (SSSR count). The Morgan fingerprint density at radius 1 is 1.28 bits per heavy atom. The highest BCUT2D eigenvalue weighted by molar-refractivity contribution is 7.99. The van der Waals surface area contributed by atoms with E-state index < -0.39 is 5.97 Å². The highest BCUT2D eigenvalue weighted by Crippen LogP contribution is 2.00. The molecule has 0 aliphatic rings. The van der Waals surface area contributed by atoms with Gasteiger partial charge in [-0.25, -0.2) is 0 Å². The smallest absolute Gasteiger partial charge is 0.313 e. The molecular formula is C13H15NO3S. The number of carboxylic acids is 1. The van der Waals surface area contributed by atoms with E-state index in [1.54, 1.807) is 6.08 Å². The van der Waals surface area contributed by atoms with Crippen LogP contribution in [0.25, 0.3) is 6.08 Å². The summed E-state index contributed by atoms with van der Waals surface area (Å²) >= 11 is 1.28. The van der Waals surface area contributed by atoms with Crippen LogP contribution in [0.15, 0.2) is 36.4 Å². The van der Waals surface area contributed by atoms with E-state index in [0.717, 1.165) is 5.56 Å². The summed E-state index contributed by atoms with van der Waals surface area (Å²) in [6.07, 6.45) is 3.21. The molecule has 0 saturated carbocycles. The van der Waals surface area contributed by atoms with Gasteiger partial charge in [0.15, 0.2) is 0 Å². The average molecular weight is 265 g/mol. The molecule has 18 heavy (non-hydrogen) atoms. The van der Waals surface area contributed by atoms with Crippen molar-refractivity contribution in [3.05, 3.63) is 42.0 Å². The zero-order valence-electron chi connectivity index (χ0n) is 9.83. The third-order valence-electron chi connectivity index (χ3n) is 2.00. The number of amides is 1. The maximum atomic E-state index is 11.4. The Bertz CT molecular complexity index is 418. The lowest BCUT2D eigenvalue weighted by Crippen LogP contribution is -2.23. The maximum absolute atomic E-state index is 11.4. The molecule has 0 fully saturated rings. The van der Waals surface area contributed by atoms with E-state index in [-0.39, 0.29) is 11.7 Å². The second-order valence-corrected chi connectivity index (χ2v) is 4.59. The predicted octanol–water partition coefficient (Wildman–Crippen LogP) is 1.63. The highest BCUT2D eigenvalue weighted by Gasteiger charge is 1.98. The van der Waals surface area contributed by atoms with E-state index in [9.17, 15) is 9.59 Å². The van der Waals surface area contributed by atoms with Crippen molar-refractivity contribution in [2.24, 2.45) is 0 Å². The van der Waals surface area contributed by atoms with Gasteiger partial charge in [0.2, 0.25) is 5.91 Å². The summed E-state index contributed by atoms with van der Waals surface area (Å²) in [6.45, 7) is 0.468. The second-order valence-electron chi connectivity index (χ2n) is 3.48. The summed E-state index contributed by atoms with van der Waals surface area (Å²) in [5.74, 6) is -0.350. The molecule has 0 bridgehead atoms. The zero-order chi connectivity index (χ0) is 13.2. The Morgan fingerprint density at radius 3 is 2.67 bits per heavy atom. The van der Waals surface area contributed by atoms with Crippen LogP contribution in [0.5, 0.6) is 0 Å². The third-order valence-corrected chi connectivity index (χ3v) is 2.94. The van der Waals surface area contributed by atoms with E-state index in [2.05, 4.69) is 5.32 Å². The number of rotatable bonds is 7. The number of carbonyl (C=O) groups excluding carboxylic acids is 1. The van der Waals surface area contributed by atoms with Crippen LogP contribution in [-0.2, 0) is 9.59 Å². The van der Waals surface area contributed by atoms with Crippen molar-refractivity contribution in [1.29, 1.82) is 0 Å². The normalized spacial score (nSPS) is 10.4. The number of nitrogens with one attached hydrogen (secondary N) is 1. The first-order chi connectivity index (χ1) is 8.68. The summed E-state index contributed by atoms with van der Waals surface area (Å²) in [5.41, 5.74) is 0.966. The van der Waals surface area contributed by atoms with Gasteiger partial charge >= 0.3 is 5.97 Å². The van der Waals surface area contributed by atoms with Crippen LogP contribution in [0, 0.1) is 0 Å². The minimum absolute atomic E-state index is 0.0652. The molecule has 4 nitrogen and oxygen atoms in total. The molecule has 0 unspecified atom stereocenters. The number of hydrogen-bond donors (Lipinski definition) is 2. The Hall–Kier alpha value is -1.75. The Balaban J connectivity index is 2.18. The summed E-state index contributed by atoms with van der Waals surface area (Å²) in [6, 6.07) is 9.54. The third kappa shape index (κ3) is 6.75. The predicted molar refractivity (Wildman–Crippen MR) is 73.4 cm³/mol. The van der Waals surface area contributed by atoms with Gasteiger partial charge in [0, 0.05) is 18.4 Å². The molecule has 1 aromatic rings. The molecule has 0 atom stereocenters. The van der Waals surface area contributed by atoms with Gasteiger partial charge in [0.05, 0.1) is 5.75 Å². The quantitative estimate of drug-likeness (QED) is 0.581. The summed E-state index contributed by atoms with van der Waals surface area (Å²) in [4.78, 5) is 21.6. The standard InChI is InChI=1S/C13H15NO3S/c15-12(14-8-9-18-10-13(16)17)7-6-11-4-2-1-3-5-11/h1-7H,8-10H2,(H,14,15)(H,16,17)/b7-6+. The number of carboxylic acid groups (broad SMARTS) is 1. The van der Waals surface area contributed by atoms with Gasteiger partial charge in [-0.05, 0) is 11.6 Å². The van der Waals surface area contributed by atoms with Gasteiger partial charge in [-0.2, -0.15) is 0 Å². The topological polar surface area (TPSA) is 66.4 Å². The highest BCUT2D eigenvalue weighted by atomic mass is 32.2. The van der Waals surface area contributed by atoms with Crippen molar-refractivity contribution in [3.8, 4) is 0 Å². The second kappa shape index (κ2) is 8.36. The molecule has 96 valence electrons. The molecule has 1 amide bonds. The minimum atomic E-state index is -0.838. The number of hydrogen-bond acceptors (Lipinski definition) is 3. The van der Waals surface area contributed by atoms with Gasteiger partial charge in [0.25, 0.3) is 0 Å². The molecule has 0 saturated heterocycles. The van der Waals surface area contributed by atoms with Crippen molar-refractivity contribution in [3.63, 3.8) is 0 Å². The van der Waals surface area contributed by atoms with E-state index in [0.29, 0.717) is 12.3 Å². The molecule has 5 heteroatoms. The van der Waals surface area contributed by atoms with Crippen LogP contribution >= 0.6 is 11.8 Å². The fourth-order valence-electron chi connectivity index (χ4n) is 1.20. The number of aliphatic carboxylic acids is 1. The first-order valence-electron chi connectivity index (χ1n) is 5.49. The van der Waals surface area contributed by atoms with Gasteiger partial charge in [-0.3, -0.25) is 9.59 Å². The monoisotopic (exact) mass is 265 g/mol. The first kappa shape index (κ1) is 14.3. The van der Waals surface area contributed by atoms with E-state index in [1.807, 2.05) is 30.3 Å². The Kier molecular flexibility index (Phi) is 6.64. The summed E-state index contributed by atoms with van der Waals surface area (Å²) in [5, 5.41) is 11.1. The SMILES string of the molecule is O=C(O)CSCCNC(=O)/C=C/c1ccccc1. The van der Waals surface area contributed by atoms with Gasteiger partial charge in [0.1, 0.15) is 0 Å². The van der Waals surface area contributed by atoms with Crippen LogP contribution in [0.2, 0.25) is 0 Å². The largest absolute Gasteiger partial charge is 0.481 e. The lowest BCUT2D eigenvalue weighted by Gasteiger charge is -2.00. The van der Waals surface area contributed by atoms with Crippen molar-refractivity contribution in [1.82, 2.24) is 5.32 Å². The van der Waals surface area contributed by atoms with Gasteiger partial charge in [-0.1, -0.05) is 30.3 Å². The fourth-order valence-corrected chi connectivity index (χ4v) is 1.77. The van der Waals surface area contributed by atoms with Crippen LogP contribution < -0.4 is 5.32 Å². The molecule has 2 N–H and O–H groups in total. The molecule has 0 heterocycles. The zero-order valence-corrected chi connectivity index (χ0v) is 10.7. The Labute approximate surface area is 110 Å².